The van der Waals surface area contributed by atoms with Crippen molar-refractivity contribution >= 4 is 5.95 Å². The van der Waals surface area contributed by atoms with Gasteiger partial charge in [-0.15, -0.1) is 0 Å². The van der Waals surface area contributed by atoms with Crippen molar-refractivity contribution < 1.29 is 0 Å². The molecule has 1 aliphatic rings. The van der Waals surface area contributed by atoms with E-state index in [-0.39, 0.29) is 0 Å². The molecule has 1 aliphatic heterocycles. The monoisotopic (exact) mass is 222 g/mol. The van der Waals surface area contributed by atoms with E-state index in [2.05, 4.69) is 22.1 Å². The molecule has 0 aromatic carbocycles. The van der Waals surface area contributed by atoms with Gasteiger partial charge in [0.25, 0.3) is 0 Å². The van der Waals surface area contributed by atoms with Gasteiger partial charge < -0.3 is 9.88 Å². The number of rotatable bonds is 4. The van der Waals surface area contributed by atoms with E-state index in [1.54, 1.807) is 0 Å². The zero-order valence-corrected chi connectivity index (χ0v) is 10.5. The van der Waals surface area contributed by atoms with Gasteiger partial charge in [-0.1, -0.05) is 0 Å². The van der Waals surface area contributed by atoms with E-state index in [1.807, 2.05) is 24.7 Å². The summed E-state index contributed by atoms with van der Waals surface area (Å²) in [7, 11) is 2.03. The highest BCUT2D eigenvalue weighted by Gasteiger charge is 2.17. The highest BCUT2D eigenvalue weighted by molar-refractivity contribution is 5.28. The molecule has 0 bridgehead atoms. The van der Waals surface area contributed by atoms with Gasteiger partial charge in [-0.05, 0) is 39.8 Å². The summed E-state index contributed by atoms with van der Waals surface area (Å²) in [6.07, 6.45) is 4.75. The normalized spacial score (nSPS) is 18.9. The molecule has 0 aliphatic carbocycles. The zero-order chi connectivity index (χ0) is 11.5. The third-order valence-corrected chi connectivity index (χ3v) is 3.32. The lowest BCUT2D eigenvalue weighted by molar-refractivity contribution is 0.269. The molecule has 2 rings (SSSR count). The van der Waals surface area contributed by atoms with Crippen molar-refractivity contribution in [1.82, 2.24) is 14.5 Å². The quantitative estimate of drug-likeness (QED) is 0.840. The van der Waals surface area contributed by atoms with E-state index in [4.69, 9.17) is 0 Å². The van der Waals surface area contributed by atoms with Gasteiger partial charge in [0.05, 0.1) is 5.69 Å². The molecule has 1 saturated heterocycles. The first kappa shape index (κ1) is 11.5. The van der Waals surface area contributed by atoms with Gasteiger partial charge in [0.15, 0.2) is 0 Å². The molecule has 1 N–H and O–H groups in total. The van der Waals surface area contributed by atoms with E-state index in [0.717, 1.165) is 18.2 Å². The van der Waals surface area contributed by atoms with Crippen LogP contribution in [0.2, 0.25) is 0 Å². The van der Waals surface area contributed by atoms with Crippen molar-refractivity contribution in [3.8, 4) is 0 Å². The van der Waals surface area contributed by atoms with Gasteiger partial charge >= 0.3 is 0 Å². The number of hydrogen-bond donors (Lipinski definition) is 1. The van der Waals surface area contributed by atoms with Crippen molar-refractivity contribution in [3.05, 3.63) is 11.9 Å². The molecule has 16 heavy (non-hydrogen) atoms. The van der Waals surface area contributed by atoms with Crippen molar-refractivity contribution in [3.63, 3.8) is 0 Å². The second-order valence-corrected chi connectivity index (χ2v) is 4.79. The molecule has 4 heteroatoms. The minimum atomic E-state index is 0.597. The number of hydrogen-bond acceptors (Lipinski definition) is 3. The van der Waals surface area contributed by atoms with Gasteiger partial charge in [-0.25, -0.2) is 4.98 Å². The fraction of sp³-hybridized carbons (Fsp3) is 0.750. The summed E-state index contributed by atoms with van der Waals surface area (Å²) in [6, 6.07) is 0.597. The van der Waals surface area contributed by atoms with Gasteiger partial charge in [-0.3, -0.25) is 4.90 Å². The van der Waals surface area contributed by atoms with Crippen LogP contribution >= 0.6 is 0 Å². The van der Waals surface area contributed by atoms with Crippen molar-refractivity contribution in [2.45, 2.75) is 32.7 Å². The molecule has 1 aromatic heterocycles. The third kappa shape index (κ3) is 2.55. The Morgan fingerprint density at radius 2 is 2.12 bits per heavy atom. The van der Waals surface area contributed by atoms with Crippen molar-refractivity contribution in [2.75, 3.05) is 25.0 Å². The zero-order valence-electron chi connectivity index (χ0n) is 10.5. The first-order valence-electron chi connectivity index (χ1n) is 6.14. The van der Waals surface area contributed by atoms with E-state index in [0.29, 0.717) is 6.04 Å². The van der Waals surface area contributed by atoms with Crippen LogP contribution < -0.4 is 5.32 Å². The predicted octanol–water partition coefficient (Wildman–Crippen LogP) is 1.62. The molecule has 1 unspecified atom stereocenters. The van der Waals surface area contributed by atoms with Crippen LogP contribution in [0.15, 0.2) is 6.20 Å². The average molecular weight is 222 g/mol. The lowest BCUT2D eigenvalue weighted by Gasteiger charge is -2.23. The summed E-state index contributed by atoms with van der Waals surface area (Å²) in [4.78, 5) is 6.99. The SMILES string of the molecule is Cc1cn(C)c(NCC(C)N2CCCC2)n1. The van der Waals surface area contributed by atoms with Crippen LogP contribution in [-0.2, 0) is 7.05 Å². The highest BCUT2D eigenvalue weighted by atomic mass is 15.2. The summed E-state index contributed by atoms with van der Waals surface area (Å²) in [6.45, 7) is 7.79. The second-order valence-electron chi connectivity index (χ2n) is 4.79. The van der Waals surface area contributed by atoms with E-state index < -0.39 is 0 Å². The predicted molar refractivity (Wildman–Crippen MR) is 66.7 cm³/mol. The first-order valence-corrected chi connectivity index (χ1v) is 6.14. The van der Waals surface area contributed by atoms with Crippen LogP contribution in [-0.4, -0.2) is 40.1 Å². The number of nitrogens with zero attached hydrogens (tertiary/aromatic N) is 3. The van der Waals surface area contributed by atoms with E-state index in [1.165, 1.54) is 25.9 Å². The van der Waals surface area contributed by atoms with Crippen LogP contribution in [0, 0.1) is 6.92 Å². The maximum Gasteiger partial charge on any atom is 0.202 e. The first-order chi connectivity index (χ1) is 7.66. The topological polar surface area (TPSA) is 33.1 Å². The molecule has 1 atom stereocenters. The standard InChI is InChI=1S/C12H22N4/c1-10-9-15(3)12(14-10)13-8-11(2)16-6-4-5-7-16/h9,11H,4-8H2,1-3H3,(H,13,14). The van der Waals surface area contributed by atoms with Crippen LogP contribution in [0.25, 0.3) is 0 Å². The number of anilines is 1. The Bertz CT molecular complexity index is 339. The summed E-state index contributed by atoms with van der Waals surface area (Å²) < 4.78 is 2.05. The molecular formula is C12H22N4. The Balaban J connectivity index is 1.84. The van der Waals surface area contributed by atoms with Crippen molar-refractivity contribution in [1.29, 1.82) is 0 Å². The number of nitrogens with one attached hydrogen (secondary N) is 1. The molecule has 2 heterocycles. The van der Waals surface area contributed by atoms with Crippen LogP contribution in [0.5, 0.6) is 0 Å². The van der Waals surface area contributed by atoms with Crippen molar-refractivity contribution in [2.24, 2.45) is 7.05 Å². The Labute approximate surface area is 97.7 Å². The van der Waals surface area contributed by atoms with Crippen LogP contribution in [0.1, 0.15) is 25.5 Å². The Morgan fingerprint density at radius 1 is 1.44 bits per heavy atom. The molecule has 0 radical (unpaired) electrons. The number of aryl methyl sites for hydroxylation is 2. The lowest BCUT2D eigenvalue weighted by Crippen LogP contribution is -2.35. The van der Waals surface area contributed by atoms with Gasteiger partial charge in [0, 0.05) is 25.8 Å². The number of likely N-dealkylation sites (tertiary alicyclic amines) is 1. The minimum absolute atomic E-state index is 0.597. The number of aromatic nitrogens is 2. The minimum Gasteiger partial charge on any atom is -0.354 e. The second kappa shape index (κ2) is 4.87. The molecule has 90 valence electrons. The summed E-state index contributed by atoms with van der Waals surface area (Å²) >= 11 is 0. The van der Waals surface area contributed by atoms with Crippen LogP contribution in [0.3, 0.4) is 0 Å². The van der Waals surface area contributed by atoms with Gasteiger partial charge in [-0.2, -0.15) is 0 Å². The molecule has 0 amide bonds. The molecular weight excluding hydrogens is 200 g/mol. The molecule has 0 spiro atoms. The maximum absolute atomic E-state index is 4.44. The Hall–Kier alpha value is -1.03. The molecule has 0 saturated carbocycles. The smallest absolute Gasteiger partial charge is 0.202 e. The Kier molecular flexibility index (Phi) is 3.49. The number of imidazole rings is 1. The summed E-state index contributed by atoms with van der Waals surface area (Å²) in [5.74, 6) is 0.976. The largest absolute Gasteiger partial charge is 0.354 e. The van der Waals surface area contributed by atoms with E-state index in [9.17, 15) is 0 Å². The summed E-state index contributed by atoms with van der Waals surface area (Å²) in [5.41, 5.74) is 1.07. The summed E-state index contributed by atoms with van der Waals surface area (Å²) in [5, 5.41) is 3.42. The third-order valence-electron chi connectivity index (χ3n) is 3.32. The Morgan fingerprint density at radius 3 is 2.69 bits per heavy atom. The van der Waals surface area contributed by atoms with Crippen LogP contribution in [0.4, 0.5) is 5.95 Å². The molecule has 4 nitrogen and oxygen atoms in total. The van der Waals surface area contributed by atoms with Gasteiger partial charge in [0.1, 0.15) is 0 Å². The average Bonchev–Trinajstić information content (AvgIpc) is 2.84. The fourth-order valence-corrected chi connectivity index (χ4v) is 2.33. The molecule has 1 aromatic rings. The highest BCUT2D eigenvalue weighted by Crippen LogP contribution is 2.12. The molecule has 1 fully saturated rings. The van der Waals surface area contributed by atoms with E-state index >= 15 is 0 Å². The fourth-order valence-electron chi connectivity index (χ4n) is 2.33. The lowest BCUT2D eigenvalue weighted by atomic mass is 10.3. The maximum atomic E-state index is 4.44. The van der Waals surface area contributed by atoms with Gasteiger partial charge in [0.2, 0.25) is 5.95 Å².